The Hall–Kier alpha value is -1.59. The maximum Gasteiger partial charge on any atom is 0.410 e. The standard InChI is InChI=1S/C12H19N3O3/c1-8-13-10(14-18-8)9-5-6-15(7-9)11(16)17-12(2,3)4/h9H,5-7H2,1-4H3/t9-/m1/s1. The Morgan fingerprint density at radius 1 is 1.50 bits per heavy atom. The lowest BCUT2D eigenvalue weighted by atomic mass is 10.1. The van der Waals surface area contributed by atoms with Crippen molar-refractivity contribution in [3.8, 4) is 0 Å². The molecule has 0 bridgehead atoms. The third kappa shape index (κ3) is 3.00. The van der Waals surface area contributed by atoms with Crippen LogP contribution in [0.2, 0.25) is 0 Å². The van der Waals surface area contributed by atoms with Crippen molar-refractivity contribution in [3.63, 3.8) is 0 Å². The van der Waals surface area contributed by atoms with Crippen molar-refractivity contribution in [2.45, 2.75) is 45.6 Å². The molecule has 18 heavy (non-hydrogen) atoms. The molecule has 1 fully saturated rings. The molecular formula is C12H19N3O3. The Labute approximate surface area is 106 Å². The molecule has 0 radical (unpaired) electrons. The fraction of sp³-hybridized carbons (Fsp3) is 0.750. The van der Waals surface area contributed by atoms with E-state index in [0.29, 0.717) is 24.8 Å². The number of nitrogens with zero attached hydrogens (tertiary/aromatic N) is 3. The zero-order chi connectivity index (χ0) is 13.3. The zero-order valence-corrected chi connectivity index (χ0v) is 11.3. The largest absolute Gasteiger partial charge is 0.444 e. The first kappa shape index (κ1) is 12.9. The summed E-state index contributed by atoms with van der Waals surface area (Å²) in [5, 5.41) is 3.90. The number of aryl methyl sites for hydroxylation is 1. The zero-order valence-electron chi connectivity index (χ0n) is 11.3. The minimum atomic E-state index is -0.460. The molecule has 2 rings (SSSR count). The van der Waals surface area contributed by atoms with Crippen LogP contribution in [0.1, 0.15) is 44.8 Å². The number of amides is 1. The number of rotatable bonds is 1. The summed E-state index contributed by atoms with van der Waals surface area (Å²) in [4.78, 5) is 17.8. The topological polar surface area (TPSA) is 68.5 Å². The highest BCUT2D eigenvalue weighted by Gasteiger charge is 2.32. The van der Waals surface area contributed by atoms with Crippen LogP contribution in [0.5, 0.6) is 0 Å². The monoisotopic (exact) mass is 253 g/mol. The van der Waals surface area contributed by atoms with Crippen LogP contribution in [0.25, 0.3) is 0 Å². The maximum atomic E-state index is 11.9. The SMILES string of the molecule is Cc1nc([C@@H]2CCN(C(=O)OC(C)(C)C)C2)no1. The van der Waals surface area contributed by atoms with Gasteiger partial charge in [-0.1, -0.05) is 5.16 Å². The number of carbonyl (C=O) groups excluding carboxylic acids is 1. The molecule has 0 aromatic carbocycles. The Balaban J connectivity index is 1.94. The molecule has 1 aliphatic rings. The minimum Gasteiger partial charge on any atom is -0.444 e. The second kappa shape index (κ2) is 4.59. The van der Waals surface area contributed by atoms with Gasteiger partial charge in [0.25, 0.3) is 0 Å². The van der Waals surface area contributed by atoms with Crippen LogP contribution in [-0.4, -0.2) is 39.8 Å². The fourth-order valence-electron chi connectivity index (χ4n) is 1.94. The Morgan fingerprint density at radius 2 is 2.22 bits per heavy atom. The van der Waals surface area contributed by atoms with Crippen LogP contribution in [0.3, 0.4) is 0 Å². The normalized spacial score (nSPS) is 20.2. The number of carbonyl (C=O) groups is 1. The van der Waals surface area contributed by atoms with Crippen molar-refractivity contribution in [3.05, 3.63) is 11.7 Å². The Morgan fingerprint density at radius 3 is 2.78 bits per heavy atom. The predicted octanol–water partition coefficient (Wildman–Crippen LogP) is 2.10. The highest BCUT2D eigenvalue weighted by molar-refractivity contribution is 5.68. The predicted molar refractivity (Wildman–Crippen MR) is 64.2 cm³/mol. The summed E-state index contributed by atoms with van der Waals surface area (Å²) in [6, 6.07) is 0. The van der Waals surface area contributed by atoms with Crippen molar-refractivity contribution in [2.24, 2.45) is 0 Å². The highest BCUT2D eigenvalue weighted by Crippen LogP contribution is 2.26. The Bertz CT molecular complexity index is 436. The summed E-state index contributed by atoms with van der Waals surface area (Å²) in [7, 11) is 0. The number of ether oxygens (including phenoxy) is 1. The van der Waals surface area contributed by atoms with Crippen molar-refractivity contribution >= 4 is 6.09 Å². The van der Waals surface area contributed by atoms with Crippen LogP contribution in [0, 0.1) is 6.92 Å². The van der Waals surface area contributed by atoms with E-state index in [1.165, 1.54) is 0 Å². The molecule has 0 aliphatic carbocycles. The highest BCUT2D eigenvalue weighted by atomic mass is 16.6. The van der Waals surface area contributed by atoms with E-state index >= 15 is 0 Å². The minimum absolute atomic E-state index is 0.148. The number of hydrogen-bond donors (Lipinski definition) is 0. The average Bonchev–Trinajstić information content (AvgIpc) is 2.82. The van der Waals surface area contributed by atoms with Gasteiger partial charge >= 0.3 is 6.09 Å². The van der Waals surface area contributed by atoms with Crippen LogP contribution in [0.4, 0.5) is 4.79 Å². The van der Waals surface area contributed by atoms with Crippen LogP contribution >= 0.6 is 0 Å². The van der Waals surface area contributed by atoms with Gasteiger partial charge in [0.15, 0.2) is 5.82 Å². The molecule has 1 aromatic rings. The smallest absolute Gasteiger partial charge is 0.410 e. The summed E-state index contributed by atoms with van der Waals surface area (Å²) in [5.41, 5.74) is -0.460. The molecule has 1 atom stereocenters. The van der Waals surface area contributed by atoms with Gasteiger partial charge < -0.3 is 14.2 Å². The van der Waals surface area contributed by atoms with E-state index in [2.05, 4.69) is 10.1 Å². The summed E-state index contributed by atoms with van der Waals surface area (Å²) < 4.78 is 10.3. The van der Waals surface area contributed by atoms with Crippen molar-refractivity contribution in [1.29, 1.82) is 0 Å². The van der Waals surface area contributed by atoms with E-state index in [1.54, 1.807) is 11.8 Å². The molecule has 0 spiro atoms. The lowest BCUT2D eigenvalue weighted by Gasteiger charge is -2.24. The Kier molecular flexibility index (Phi) is 3.28. The van der Waals surface area contributed by atoms with E-state index in [0.717, 1.165) is 6.42 Å². The first-order chi connectivity index (χ1) is 8.35. The quantitative estimate of drug-likeness (QED) is 0.766. The molecule has 0 saturated carbocycles. The van der Waals surface area contributed by atoms with Gasteiger partial charge in [0.05, 0.1) is 0 Å². The number of aromatic nitrogens is 2. The van der Waals surface area contributed by atoms with Gasteiger partial charge in [-0.2, -0.15) is 4.98 Å². The van der Waals surface area contributed by atoms with E-state index in [1.807, 2.05) is 20.8 Å². The maximum absolute atomic E-state index is 11.9. The third-order valence-electron chi connectivity index (χ3n) is 2.75. The first-order valence-corrected chi connectivity index (χ1v) is 6.13. The van der Waals surface area contributed by atoms with Gasteiger partial charge in [0.2, 0.25) is 5.89 Å². The molecule has 1 amide bonds. The second-order valence-corrected chi connectivity index (χ2v) is 5.58. The number of hydrogen-bond acceptors (Lipinski definition) is 5. The molecular weight excluding hydrogens is 234 g/mol. The van der Waals surface area contributed by atoms with Crippen molar-refractivity contribution < 1.29 is 14.1 Å². The molecule has 1 aromatic heterocycles. The molecule has 0 unspecified atom stereocenters. The average molecular weight is 253 g/mol. The molecule has 1 saturated heterocycles. The third-order valence-corrected chi connectivity index (χ3v) is 2.75. The lowest BCUT2D eigenvalue weighted by Crippen LogP contribution is -2.35. The van der Waals surface area contributed by atoms with E-state index in [-0.39, 0.29) is 12.0 Å². The van der Waals surface area contributed by atoms with Gasteiger partial charge in [0, 0.05) is 25.9 Å². The lowest BCUT2D eigenvalue weighted by molar-refractivity contribution is 0.0292. The van der Waals surface area contributed by atoms with Gasteiger partial charge in [-0.05, 0) is 27.2 Å². The molecule has 2 heterocycles. The number of likely N-dealkylation sites (tertiary alicyclic amines) is 1. The van der Waals surface area contributed by atoms with Crippen LogP contribution < -0.4 is 0 Å². The summed E-state index contributed by atoms with van der Waals surface area (Å²) in [6.07, 6.45) is 0.573. The summed E-state index contributed by atoms with van der Waals surface area (Å²) in [5.74, 6) is 1.38. The fourth-order valence-corrected chi connectivity index (χ4v) is 1.94. The van der Waals surface area contributed by atoms with Crippen LogP contribution in [0.15, 0.2) is 4.52 Å². The molecule has 6 nitrogen and oxygen atoms in total. The van der Waals surface area contributed by atoms with Gasteiger partial charge in [-0.25, -0.2) is 4.79 Å². The molecule has 6 heteroatoms. The van der Waals surface area contributed by atoms with Gasteiger partial charge in [-0.15, -0.1) is 0 Å². The molecule has 0 N–H and O–H groups in total. The van der Waals surface area contributed by atoms with Gasteiger partial charge in [-0.3, -0.25) is 0 Å². The van der Waals surface area contributed by atoms with E-state index in [9.17, 15) is 4.79 Å². The second-order valence-electron chi connectivity index (χ2n) is 5.58. The van der Waals surface area contributed by atoms with Gasteiger partial charge in [0.1, 0.15) is 5.60 Å². The summed E-state index contributed by atoms with van der Waals surface area (Å²) in [6.45, 7) is 8.61. The van der Waals surface area contributed by atoms with Crippen molar-refractivity contribution in [2.75, 3.05) is 13.1 Å². The van der Waals surface area contributed by atoms with Crippen LogP contribution in [-0.2, 0) is 4.74 Å². The molecule has 1 aliphatic heterocycles. The first-order valence-electron chi connectivity index (χ1n) is 6.13. The van der Waals surface area contributed by atoms with Crippen molar-refractivity contribution in [1.82, 2.24) is 15.0 Å². The van der Waals surface area contributed by atoms with E-state index in [4.69, 9.17) is 9.26 Å². The molecule has 100 valence electrons. The van der Waals surface area contributed by atoms with E-state index < -0.39 is 5.60 Å². The summed E-state index contributed by atoms with van der Waals surface area (Å²) >= 11 is 0.